The van der Waals surface area contributed by atoms with Gasteiger partial charge in [-0.2, -0.15) is 0 Å². The predicted octanol–water partition coefficient (Wildman–Crippen LogP) is 5.01. The number of ketones is 1. The molecule has 1 fully saturated rings. The summed E-state index contributed by atoms with van der Waals surface area (Å²) >= 11 is 6.50. The van der Waals surface area contributed by atoms with Gasteiger partial charge in [-0.25, -0.2) is 0 Å². The fourth-order valence-corrected chi connectivity index (χ4v) is 4.87. The Bertz CT molecular complexity index is 836. The standard InChI is InChI=1S/C22H24ClNO3/c1-13-19(22(26)27-14-7-2-3-8-14)20(15-9-4-5-10-16(15)23)21-17(24-13)11-6-12-18(21)25/h4-5,9-10,14,19-20H,2-3,6-8,11-12H2,1H3/t19?,20-/m1/s1. The van der Waals surface area contributed by atoms with Gasteiger partial charge in [-0.1, -0.05) is 29.8 Å². The molecule has 2 aliphatic carbocycles. The summed E-state index contributed by atoms with van der Waals surface area (Å²) in [6.45, 7) is 1.87. The quantitative estimate of drug-likeness (QED) is 0.687. The first-order valence-corrected chi connectivity index (χ1v) is 10.2. The van der Waals surface area contributed by atoms with E-state index >= 15 is 0 Å². The van der Waals surface area contributed by atoms with E-state index in [0.717, 1.165) is 55.5 Å². The van der Waals surface area contributed by atoms with E-state index in [1.54, 1.807) is 0 Å². The molecule has 0 radical (unpaired) electrons. The summed E-state index contributed by atoms with van der Waals surface area (Å²) in [6.07, 6.45) is 6.07. The van der Waals surface area contributed by atoms with Crippen LogP contribution in [0.1, 0.15) is 63.4 Å². The summed E-state index contributed by atoms with van der Waals surface area (Å²) in [7, 11) is 0. The van der Waals surface area contributed by atoms with Crippen molar-refractivity contribution in [1.82, 2.24) is 0 Å². The molecule has 1 aliphatic heterocycles. The van der Waals surface area contributed by atoms with Gasteiger partial charge >= 0.3 is 5.97 Å². The Labute approximate surface area is 164 Å². The van der Waals surface area contributed by atoms with Gasteiger partial charge in [0.15, 0.2) is 5.78 Å². The maximum absolute atomic E-state index is 13.2. The monoisotopic (exact) mass is 385 g/mol. The molecule has 0 spiro atoms. The van der Waals surface area contributed by atoms with Gasteiger partial charge < -0.3 is 4.74 Å². The van der Waals surface area contributed by atoms with Crippen molar-refractivity contribution in [2.75, 3.05) is 0 Å². The number of esters is 1. The minimum absolute atomic E-state index is 0.0189. The molecular weight excluding hydrogens is 362 g/mol. The van der Waals surface area contributed by atoms with Crippen molar-refractivity contribution in [3.63, 3.8) is 0 Å². The van der Waals surface area contributed by atoms with Crippen LogP contribution in [0.3, 0.4) is 0 Å². The largest absolute Gasteiger partial charge is 0.462 e. The van der Waals surface area contributed by atoms with Gasteiger partial charge in [-0.15, -0.1) is 0 Å². The summed E-state index contributed by atoms with van der Waals surface area (Å²) in [5.74, 6) is -1.20. The maximum atomic E-state index is 13.2. The van der Waals surface area contributed by atoms with E-state index in [9.17, 15) is 9.59 Å². The van der Waals surface area contributed by atoms with Crippen LogP contribution in [0.2, 0.25) is 5.02 Å². The van der Waals surface area contributed by atoms with Crippen LogP contribution < -0.4 is 0 Å². The maximum Gasteiger partial charge on any atom is 0.315 e. The highest BCUT2D eigenvalue weighted by molar-refractivity contribution is 6.31. The number of hydrogen-bond acceptors (Lipinski definition) is 4. The molecule has 1 unspecified atom stereocenters. The Morgan fingerprint density at radius 3 is 2.63 bits per heavy atom. The predicted molar refractivity (Wildman–Crippen MR) is 105 cm³/mol. The average molecular weight is 386 g/mol. The third-order valence-corrected chi connectivity index (χ3v) is 6.26. The molecule has 0 N–H and O–H groups in total. The zero-order chi connectivity index (χ0) is 19.0. The molecule has 4 rings (SSSR count). The van der Waals surface area contributed by atoms with Crippen LogP contribution in [0, 0.1) is 5.92 Å². The first-order chi connectivity index (χ1) is 13.1. The molecule has 3 aliphatic rings. The number of nitrogens with zero attached hydrogens (tertiary/aromatic N) is 1. The molecule has 1 saturated carbocycles. The number of aliphatic imine (C=N–C) groups is 1. The Balaban J connectivity index is 1.77. The lowest BCUT2D eigenvalue weighted by molar-refractivity contribution is -0.151. The molecule has 1 aromatic rings. The molecule has 0 aromatic heterocycles. The van der Waals surface area contributed by atoms with E-state index < -0.39 is 11.8 Å². The minimum atomic E-state index is -0.591. The Hall–Kier alpha value is -1.94. The summed E-state index contributed by atoms with van der Waals surface area (Å²) in [5.41, 5.74) is 3.01. The lowest BCUT2D eigenvalue weighted by atomic mass is 9.71. The minimum Gasteiger partial charge on any atom is -0.462 e. The van der Waals surface area contributed by atoms with Gasteiger partial charge in [0.25, 0.3) is 0 Å². The highest BCUT2D eigenvalue weighted by atomic mass is 35.5. The fourth-order valence-electron chi connectivity index (χ4n) is 4.62. The van der Waals surface area contributed by atoms with Crippen LogP contribution in [-0.4, -0.2) is 23.6 Å². The van der Waals surface area contributed by atoms with Crippen LogP contribution in [0.15, 0.2) is 40.5 Å². The van der Waals surface area contributed by atoms with Crippen molar-refractivity contribution < 1.29 is 14.3 Å². The lowest BCUT2D eigenvalue weighted by Crippen LogP contribution is -2.38. The smallest absolute Gasteiger partial charge is 0.315 e. The second-order valence-electron chi connectivity index (χ2n) is 7.71. The van der Waals surface area contributed by atoms with Crippen molar-refractivity contribution >= 4 is 29.1 Å². The molecule has 4 nitrogen and oxygen atoms in total. The Kier molecular flexibility index (Phi) is 5.18. The van der Waals surface area contributed by atoms with E-state index in [0.29, 0.717) is 17.0 Å². The first-order valence-electron chi connectivity index (χ1n) is 9.82. The molecule has 0 saturated heterocycles. The summed E-state index contributed by atoms with van der Waals surface area (Å²) in [6, 6.07) is 7.48. The van der Waals surface area contributed by atoms with Gasteiger partial charge in [-0.05, 0) is 57.1 Å². The molecular formula is C22H24ClNO3. The number of carbonyl (C=O) groups excluding carboxylic acids is 2. The number of halogens is 1. The van der Waals surface area contributed by atoms with Crippen molar-refractivity contribution in [3.8, 4) is 0 Å². The third-order valence-electron chi connectivity index (χ3n) is 5.91. The Morgan fingerprint density at radius 2 is 1.89 bits per heavy atom. The van der Waals surface area contributed by atoms with Gasteiger partial charge in [0.1, 0.15) is 12.0 Å². The summed E-state index contributed by atoms with van der Waals surface area (Å²) in [4.78, 5) is 30.6. The highest BCUT2D eigenvalue weighted by Gasteiger charge is 2.44. The van der Waals surface area contributed by atoms with Crippen LogP contribution in [0.5, 0.6) is 0 Å². The fraction of sp³-hybridized carbons (Fsp3) is 0.500. The topological polar surface area (TPSA) is 55.7 Å². The Morgan fingerprint density at radius 1 is 1.15 bits per heavy atom. The lowest BCUT2D eigenvalue weighted by Gasteiger charge is -2.35. The second-order valence-corrected chi connectivity index (χ2v) is 8.12. The van der Waals surface area contributed by atoms with E-state index in [-0.39, 0.29) is 17.9 Å². The highest BCUT2D eigenvalue weighted by Crippen LogP contribution is 2.45. The number of benzene rings is 1. The molecule has 27 heavy (non-hydrogen) atoms. The molecule has 1 aromatic carbocycles. The van der Waals surface area contributed by atoms with Gasteiger partial charge in [0, 0.05) is 34.3 Å². The summed E-state index contributed by atoms with van der Waals surface area (Å²) in [5, 5.41) is 0.570. The number of rotatable bonds is 3. The van der Waals surface area contributed by atoms with Crippen LogP contribution in [0.4, 0.5) is 0 Å². The normalized spacial score (nSPS) is 26.0. The van der Waals surface area contributed by atoms with Gasteiger partial charge in [-0.3, -0.25) is 14.6 Å². The SMILES string of the molecule is CC1=NC2=C(C(=O)CCC2)[C@H](c2ccccc2Cl)C1C(=O)OC1CCCC1. The molecule has 1 heterocycles. The van der Waals surface area contributed by atoms with Crippen LogP contribution in [-0.2, 0) is 14.3 Å². The van der Waals surface area contributed by atoms with E-state index in [1.165, 1.54) is 0 Å². The number of carbonyl (C=O) groups is 2. The molecule has 142 valence electrons. The molecule has 5 heteroatoms. The van der Waals surface area contributed by atoms with Gasteiger partial charge in [0.05, 0.1) is 0 Å². The molecule has 0 amide bonds. The zero-order valence-electron chi connectivity index (χ0n) is 15.5. The van der Waals surface area contributed by atoms with Crippen molar-refractivity contribution in [2.24, 2.45) is 10.9 Å². The number of allylic oxidation sites excluding steroid dienone is 2. The third kappa shape index (κ3) is 3.47. The number of ether oxygens (including phenoxy) is 1. The van der Waals surface area contributed by atoms with E-state index in [1.807, 2.05) is 31.2 Å². The first kappa shape index (κ1) is 18.4. The van der Waals surface area contributed by atoms with E-state index in [2.05, 4.69) is 4.99 Å². The van der Waals surface area contributed by atoms with Crippen LogP contribution >= 0.6 is 11.6 Å². The zero-order valence-corrected chi connectivity index (χ0v) is 16.3. The molecule has 0 bridgehead atoms. The molecule has 2 atom stereocenters. The van der Waals surface area contributed by atoms with E-state index in [4.69, 9.17) is 16.3 Å². The number of Topliss-reactive ketones (excluding diaryl/α,β-unsaturated/α-hetero) is 1. The van der Waals surface area contributed by atoms with Crippen molar-refractivity contribution in [3.05, 3.63) is 46.1 Å². The number of hydrogen-bond donors (Lipinski definition) is 0. The second kappa shape index (κ2) is 7.59. The van der Waals surface area contributed by atoms with Crippen LogP contribution in [0.25, 0.3) is 0 Å². The average Bonchev–Trinajstić information content (AvgIpc) is 3.14. The van der Waals surface area contributed by atoms with Crippen molar-refractivity contribution in [1.29, 1.82) is 0 Å². The van der Waals surface area contributed by atoms with Crippen molar-refractivity contribution in [2.45, 2.75) is 63.9 Å². The summed E-state index contributed by atoms with van der Waals surface area (Å²) < 4.78 is 5.83. The van der Waals surface area contributed by atoms with Gasteiger partial charge in [0.2, 0.25) is 0 Å².